The summed E-state index contributed by atoms with van der Waals surface area (Å²) < 4.78 is 19.3. The topological polar surface area (TPSA) is 38.3 Å². The van der Waals surface area contributed by atoms with Gasteiger partial charge in [0.1, 0.15) is 5.75 Å². The average molecular weight is 444 g/mol. The van der Waals surface area contributed by atoms with Crippen molar-refractivity contribution in [3.63, 3.8) is 0 Å². The van der Waals surface area contributed by atoms with Crippen molar-refractivity contribution in [3.8, 4) is 5.75 Å². The number of para-hydroxylation sites is 2. The minimum Gasteiger partial charge on any atom is -0.495 e. The SMILES string of the molecule is COc1ccccc1NP(=O)(C=C(Cl)c1ccccc1)/C=C(\Cl)c1ccccc1. The summed E-state index contributed by atoms with van der Waals surface area (Å²) >= 11 is 13.0. The van der Waals surface area contributed by atoms with Crippen molar-refractivity contribution in [1.29, 1.82) is 0 Å². The number of halogens is 2. The van der Waals surface area contributed by atoms with Crippen LogP contribution in [0, 0.1) is 0 Å². The van der Waals surface area contributed by atoms with Crippen molar-refractivity contribution in [1.82, 2.24) is 0 Å². The van der Waals surface area contributed by atoms with Crippen LogP contribution in [-0.4, -0.2) is 7.11 Å². The summed E-state index contributed by atoms with van der Waals surface area (Å²) in [6.45, 7) is 0. The van der Waals surface area contributed by atoms with Crippen LogP contribution in [0.25, 0.3) is 10.1 Å². The Morgan fingerprint density at radius 3 is 1.72 bits per heavy atom. The fourth-order valence-corrected chi connectivity index (χ4v) is 5.57. The number of methoxy groups -OCH3 is 1. The van der Waals surface area contributed by atoms with Gasteiger partial charge in [-0.05, 0) is 23.3 Å². The number of hydrogen-bond donors (Lipinski definition) is 1. The van der Waals surface area contributed by atoms with Gasteiger partial charge in [0.25, 0.3) is 0 Å². The van der Waals surface area contributed by atoms with Crippen LogP contribution in [0.1, 0.15) is 11.1 Å². The van der Waals surface area contributed by atoms with Crippen LogP contribution in [0.3, 0.4) is 0 Å². The highest BCUT2D eigenvalue weighted by Gasteiger charge is 2.21. The van der Waals surface area contributed by atoms with Crippen molar-refractivity contribution in [2.24, 2.45) is 0 Å². The van der Waals surface area contributed by atoms with Crippen LogP contribution in [0.15, 0.2) is 96.6 Å². The van der Waals surface area contributed by atoms with Gasteiger partial charge in [0, 0.05) is 11.6 Å². The molecule has 1 N–H and O–H groups in total. The zero-order chi connectivity index (χ0) is 20.7. The largest absolute Gasteiger partial charge is 0.495 e. The predicted molar refractivity (Wildman–Crippen MR) is 125 cm³/mol. The van der Waals surface area contributed by atoms with E-state index in [-0.39, 0.29) is 0 Å². The first-order valence-electron chi connectivity index (χ1n) is 8.89. The molecule has 6 heteroatoms. The van der Waals surface area contributed by atoms with Gasteiger partial charge in [0.05, 0.1) is 22.9 Å². The first-order chi connectivity index (χ1) is 14.0. The molecule has 0 heterocycles. The maximum atomic E-state index is 13.9. The highest BCUT2D eigenvalue weighted by molar-refractivity contribution is 7.72. The molecule has 3 aromatic rings. The van der Waals surface area contributed by atoms with Gasteiger partial charge in [0.2, 0.25) is 7.29 Å². The summed E-state index contributed by atoms with van der Waals surface area (Å²) in [6.07, 6.45) is 0. The molecular formula is C23H20Cl2NO2P. The predicted octanol–water partition coefficient (Wildman–Crippen LogP) is 7.86. The summed E-state index contributed by atoms with van der Waals surface area (Å²) in [7, 11) is -1.78. The lowest BCUT2D eigenvalue weighted by Crippen LogP contribution is -1.97. The highest BCUT2D eigenvalue weighted by atomic mass is 35.5. The zero-order valence-electron chi connectivity index (χ0n) is 15.8. The molecule has 0 saturated heterocycles. The molecule has 0 aliphatic carbocycles. The van der Waals surface area contributed by atoms with Crippen LogP contribution in [0.5, 0.6) is 5.75 Å². The number of benzene rings is 3. The molecule has 3 nitrogen and oxygen atoms in total. The summed E-state index contributed by atoms with van der Waals surface area (Å²) in [4.78, 5) is 0. The molecule has 0 saturated carbocycles. The molecule has 148 valence electrons. The van der Waals surface area contributed by atoms with Gasteiger partial charge < -0.3 is 9.82 Å². The Morgan fingerprint density at radius 2 is 1.24 bits per heavy atom. The zero-order valence-corrected chi connectivity index (χ0v) is 18.2. The van der Waals surface area contributed by atoms with Crippen LogP contribution >= 0.6 is 30.5 Å². The maximum Gasteiger partial charge on any atom is 0.216 e. The van der Waals surface area contributed by atoms with E-state index in [0.717, 1.165) is 11.1 Å². The lowest BCUT2D eigenvalue weighted by Gasteiger charge is -2.17. The summed E-state index contributed by atoms with van der Waals surface area (Å²) in [5.74, 6) is 3.60. The Morgan fingerprint density at radius 1 is 0.793 bits per heavy atom. The van der Waals surface area contributed by atoms with Crippen molar-refractivity contribution in [3.05, 3.63) is 108 Å². The second kappa shape index (κ2) is 9.84. The molecule has 0 bridgehead atoms. The van der Waals surface area contributed by atoms with Crippen molar-refractivity contribution >= 4 is 46.2 Å². The van der Waals surface area contributed by atoms with Crippen molar-refractivity contribution in [2.75, 3.05) is 12.2 Å². The van der Waals surface area contributed by atoms with Gasteiger partial charge in [-0.2, -0.15) is 0 Å². The average Bonchev–Trinajstić information content (AvgIpc) is 2.75. The van der Waals surface area contributed by atoms with E-state index in [1.807, 2.05) is 72.8 Å². The summed E-state index contributed by atoms with van der Waals surface area (Å²) in [5, 5.41) is 3.82. The van der Waals surface area contributed by atoms with E-state index in [0.29, 0.717) is 21.5 Å². The first-order valence-corrected chi connectivity index (χ1v) is 11.5. The van der Waals surface area contributed by atoms with Crippen LogP contribution in [0.4, 0.5) is 5.69 Å². The van der Waals surface area contributed by atoms with Gasteiger partial charge in [0.15, 0.2) is 0 Å². The molecule has 3 rings (SSSR count). The van der Waals surface area contributed by atoms with E-state index < -0.39 is 7.29 Å². The Labute approximate surface area is 181 Å². The number of rotatable bonds is 7. The van der Waals surface area contributed by atoms with Crippen LogP contribution in [-0.2, 0) is 4.57 Å². The highest BCUT2D eigenvalue weighted by Crippen LogP contribution is 2.54. The van der Waals surface area contributed by atoms with Crippen molar-refractivity contribution in [2.45, 2.75) is 0 Å². The maximum absolute atomic E-state index is 13.9. The molecule has 0 spiro atoms. The fourth-order valence-electron chi connectivity index (χ4n) is 2.71. The molecule has 29 heavy (non-hydrogen) atoms. The van der Waals surface area contributed by atoms with E-state index in [2.05, 4.69) is 5.09 Å². The summed E-state index contributed by atoms with van der Waals surface area (Å²) in [6, 6.07) is 26.0. The molecule has 0 fully saturated rings. The van der Waals surface area contributed by atoms with Gasteiger partial charge >= 0.3 is 0 Å². The molecule has 1 unspecified atom stereocenters. The Hall–Kier alpha value is -2.45. The molecule has 1 atom stereocenters. The second-order valence-corrected chi connectivity index (χ2v) is 9.18. The monoisotopic (exact) mass is 443 g/mol. The Bertz CT molecular complexity index is 1010. The Balaban J connectivity index is 2.06. The standard InChI is InChI=1S/C23H20Cl2NO2P/c1-28-23-15-9-8-14-22(23)26-29(27,16-20(24)18-10-4-2-5-11-18)17-21(25)19-12-6-3-7-13-19/h2-17H,1H3,(H,26,27)/b20-16-,21-17?. The molecule has 3 aromatic carbocycles. The molecule has 0 aromatic heterocycles. The van der Waals surface area contributed by atoms with Gasteiger partial charge in [-0.25, -0.2) is 0 Å². The Kier molecular flexibility index (Phi) is 7.22. The van der Waals surface area contributed by atoms with E-state index in [1.54, 1.807) is 19.2 Å². The molecule has 0 radical (unpaired) electrons. The number of nitrogens with one attached hydrogen (secondary N) is 1. The van der Waals surface area contributed by atoms with Gasteiger partial charge in [-0.3, -0.25) is 4.57 Å². The van der Waals surface area contributed by atoms with E-state index in [1.165, 1.54) is 11.6 Å². The minimum atomic E-state index is -3.34. The third-order valence-electron chi connectivity index (χ3n) is 4.11. The third kappa shape index (κ3) is 5.77. The second-order valence-electron chi connectivity index (χ2n) is 6.21. The smallest absolute Gasteiger partial charge is 0.216 e. The van der Waals surface area contributed by atoms with E-state index in [9.17, 15) is 4.57 Å². The van der Waals surface area contributed by atoms with Crippen molar-refractivity contribution < 1.29 is 9.30 Å². The number of hydrogen-bond acceptors (Lipinski definition) is 2. The molecule has 0 amide bonds. The van der Waals surface area contributed by atoms with Crippen LogP contribution < -0.4 is 9.82 Å². The summed E-state index contributed by atoms with van der Waals surface area (Å²) in [5.41, 5.74) is 2.11. The molecular weight excluding hydrogens is 424 g/mol. The third-order valence-corrected chi connectivity index (χ3v) is 6.94. The fraction of sp³-hybridized carbons (Fsp3) is 0.0435. The quantitative estimate of drug-likeness (QED) is 0.377. The number of anilines is 1. The van der Waals surface area contributed by atoms with Gasteiger partial charge in [-0.15, -0.1) is 0 Å². The molecule has 0 aliphatic heterocycles. The lowest BCUT2D eigenvalue weighted by molar-refractivity contribution is 0.417. The minimum absolute atomic E-state index is 0.366. The van der Waals surface area contributed by atoms with E-state index >= 15 is 0 Å². The normalized spacial score (nSPS) is 14.2. The molecule has 0 aliphatic rings. The van der Waals surface area contributed by atoms with E-state index in [4.69, 9.17) is 27.9 Å². The lowest BCUT2D eigenvalue weighted by atomic mass is 10.2. The van der Waals surface area contributed by atoms with Gasteiger partial charge in [-0.1, -0.05) is 96.0 Å². The van der Waals surface area contributed by atoms with Crippen LogP contribution in [0.2, 0.25) is 0 Å². The number of ether oxygens (including phenoxy) is 1. The first kappa shape index (κ1) is 21.3.